The molecule has 0 unspecified atom stereocenters. The number of nitrogens with zero attached hydrogens (tertiary/aromatic N) is 7. The van der Waals surface area contributed by atoms with Crippen LogP contribution in [0.3, 0.4) is 0 Å². The summed E-state index contributed by atoms with van der Waals surface area (Å²) in [6.45, 7) is 0. The smallest absolute Gasteiger partial charge is 0.857 e. The molecule has 0 aliphatic carbocycles. The van der Waals surface area contributed by atoms with Gasteiger partial charge in [0.2, 0.25) is 0 Å². The second-order valence-electron chi connectivity index (χ2n) is 9.66. The Hall–Kier alpha value is -3.05. The van der Waals surface area contributed by atoms with Crippen LogP contribution in [-0.2, 0) is 21.5 Å². The second-order valence-corrected chi connectivity index (χ2v) is 15.0. The number of carboxylic acids is 1. The van der Waals surface area contributed by atoms with Gasteiger partial charge in [-0.3, -0.25) is 19.5 Å². The van der Waals surface area contributed by atoms with Gasteiger partial charge in [-0.2, -0.15) is 0 Å². The van der Waals surface area contributed by atoms with Crippen molar-refractivity contribution in [3.8, 4) is 0 Å². The predicted molar refractivity (Wildman–Crippen MR) is 173 cm³/mol. The van der Waals surface area contributed by atoms with Crippen molar-refractivity contribution in [1.82, 2.24) is 24.6 Å². The number of aromatic nitrogens is 4. The van der Waals surface area contributed by atoms with Crippen molar-refractivity contribution >= 4 is 96.7 Å². The van der Waals surface area contributed by atoms with Gasteiger partial charge in [-0.15, -0.1) is 56.4 Å². The molecule has 244 valence electrons. The zero-order valence-corrected chi connectivity index (χ0v) is 31.0. The van der Waals surface area contributed by atoms with Crippen molar-refractivity contribution in [2.75, 3.05) is 24.3 Å². The van der Waals surface area contributed by atoms with Crippen LogP contribution in [0.1, 0.15) is 5.69 Å². The number of aliphatic imine (C=N–C) groups is 1. The Bertz CT molecular complexity index is 2100. The number of hydrogen-bond donors (Lipinski definition) is 2. The summed E-state index contributed by atoms with van der Waals surface area (Å²) in [6, 6.07) is 1.04. The first-order valence-corrected chi connectivity index (χ1v) is 17.6. The molecule has 1 aromatic carbocycles. The van der Waals surface area contributed by atoms with E-state index in [4.69, 9.17) is 10.6 Å². The fourth-order valence-corrected chi connectivity index (χ4v) is 9.71. The minimum absolute atomic E-state index is 0. The molecule has 3 aromatic heterocycles. The van der Waals surface area contributed by atoms with E-state index in [0.29, 0.717) is 9.78 Å². The zero-order chi connectivity index (χ0) is 33.6. The number of rotatable bonds is 10. The molecule has 22 heteroatoms. The van der Waals surface area contributed by atoms with Gasteiger partial charge in [0.05, 0.1) is 13.8 Å². The van der Waals surface area contributed by atoms with E-state index in [1.165, 1.54) is 41.2 Å². The van der Waals surface area contributed by atoms with E-state index in [1.54, 1.807) is 7.05 Å². The standard InChI is InChI=1S/C26H20F2N8O6S5.Na/c1-35-8-30-33-26(35)47-20-11(27)3-10-13(37)4-14(46-19(10)15(20)28)43-5-9-6-44-23-17(22(39)36(23)18(9)24(40)41)32-21(38)16(34-42-2)12-7-45-25(29)31-12;/h3-4,7-8,17,23H,5-6H2,1-2H3,(H2,29,31)(H,32,38)(H,40,41);/q;+1/p-1/b34-16+;/t17-,23-;/m1./s1. The monoisotopic (exact) mass is 760 g/mol. The van der Waals surface area contributed by atoms with Gasteiger partial charge in [0.1, 0.15) is 41.7 Å². The molecule has 2 aliphatic rings. The first-order valence-electron chi connectivity index (χ1n) is 13.1. The number of hydrogen-bond acceptors (Lipinski definition) is 16. The molecule has 3 N–H and O–H groups in total. The third kappa shape index (κ3) is 6.86. The number of nitrogen functional groups attached to an aromatic ring is 1. The van der Waals surface area contributed by atoms with Crippen LogP contribution >= 0.6 is 58.0 Å². The summed E-state index contributed by atoms with van der Waals surface area (Å²) in [5.74, 6) is -4.56. The number of oxime groups is 1. The van der Waals surface area contributed by atoms with Crippen LogP contribution in [0.15, 0.2) is 64.3 Å². The number of carboxylic acid groups (broad SMARTS) is 1. The van der Waals surface area contributed by atoms with Gasteiger partial charge in [0, 0.05) is 41.3 Å². The molecule has 0 bridgehead atoms. The number of amides is 1. The number of halogens is 2. The second kappa shape index (κ2) is 14.8. The van der Waals surface area contributed by atoms with Crippen LogP contribution in [0.25, 0.3) is 10.1 Å². The number of carbonyl (C=O) groups excluding carboxylic acids is 1. The first-order chi connectivity index (χ1) is 22.5. The number of benzene rings is 1. The van der Waals surface area contributed by atoms with E-state index >= 15 is 4.39 Å². The molecule has 48 heavy (non-hydrogen) atoms. The van der Waals surface area contributed by atoms with Gasteiger partial charge in [0.15, 0.2) is 27.6 Å². The van der Waals surface area contributed by atoms with Gasteiger partial charge >= 0.3 is 35.5 Å². The Labute approximate surface area is 311 Å². The maximum atomic E-state index is 15.6. The summed E-state index contributed by atoms with van der Waals surface area (Å²) in [5, 5.41) is 35.2. The number of thiazole rings is 1. The Balaban J connectivity index is 0.00000451. The van der Waals surface area contributed by atoms with Crippen LogP contribution in [-0.4, -0.2) is 83.3 Å². The number of nitrogens with two attached hydrogens (primary N) is 1. The summed E-state index contributed by atoms with van der Waals surface area (Å²) in [6.07, 6.45) is 1.38. The predicted octanol–water partition coefficient (Wildman–Crippen LogP) is -0.614. The molecule has 6 rings (SSSR count). The van der Waals surface area contributed by atoms with Crippen molar-refractivity contribution < 1.29 is 63.0 Å². The van der Waals surface area contributed by atoms with E-state index in [-0.39, 0.29) is 83.4 Å². The van der Waals surface area contributed by atoms with Crippen LogP contribution in [0.5, 0.6) is 0 Å². The van der Waals surface area contributed by atoms with Crippen LogP contribution < -0.4 is 45.8 Å². The fourth-order valence-electron chi connectivity index (χ4n) is 4.59. The number of anilines is 1. The molecule has 14 nitrogen and oxygen atoms in total. The topological polar surface area (TPSA) is 201 Å². The van der Waals surface area contributed by atoms with E-state index in [0.717, 1.165) is 57.2 Å². The zero-order valence-electron chi connectivity index (χ0n) is 24.9. The number of aliphatic carboxylic acids is 1. The number of aryl methyl sites for hydroxylation is 1. The summed E-state index contributed by atoms with van der Waals surface area (Å²) in [5.41, 5.74) is 5.02. The Kier molecular flexibility index (Phi) is 11.2. The van der Waals surface area contributed by atoms with Crippen LogP contribution in [0.2, 0.25) is 0 Å². The number of fused-ring (bicyclic) bond motifs is 2. The molecule has 5 heterocycles. The molecule has 2 aliphatic heterocycles. The van der Waals surface area contributed by atoms with Gasteiger partial charge in [-0.1, -0.05) is 5.16 Å². The molecular weight excluding hydrogens is 742 g/mol. The third-order valence-electron chi connectivity index (χ3n) is 6.73. The molecular formula is C26H19F2N8NaO6S5. The van der Waals surface area contributed by atoms with Crippen molar-refractivity contribution in [2.45, 2.75) is 25.7 Å². The average molecular weight is 761 g/mol. The summed E-state index contributed by atoms with van der Waals surface area (Å²) < 4.78 is 32.2. The minimum Gasteiger partial charge on any atom is -0.857 e. The van der Waals surface area contributed by atoms with Gasteiger partial charge in [0.25, 0.3) is 5.91 Å². The van der Waals surface area contributed by atoms with E-state index in [2.05, 4.69) is 25.3 Å². The van der Waals surface area contributed by atoms with Crippen molar-refractivity contribution in [2.24, 2.45) is 17.2 Å². The van der Waals surface area contributed by atoms with Crippen molar-refractivity contribution in [3.63, 3.8) is 0 Å². The Morgan fingerprint density at radius 2 is 2.08 bits per heavy atom. The average Bonchev–Trinajstić information content (AvgIpc) is 3.66. The molecule has 1 amide bonds. The van der Waals surface area contributed by atoms with Gasteiger partial charge in [-0.25, -0.2) is 18.6 Å². The van der Waals surface area contributed by atoms with Gasteiger partial charge in [-0.05, 0) is 23.4 Å². The largest absolute Gasteiger partial charge is 1.00 e. The molecule has 0 radical (unpaired) electrons. The summed E-state index contributed by atoms with van der Waals surface area (Å²) in [4.78, 5) is 51.8. The van der Waals surface area contributed by atoms with Crippen LogP contribution in [0.4, 0.5) is 13.9 Å². The Morgan fingerprint density at radius 3 is 2.73 bits per heavy atom. The summed E-state index contributed by atoms with van der Waals surface area (Å²) >= 11 is 5.01. The summed E-state index contributed by atoms with van der Waals surface area (Å²) in [7, 11) is 2.85. The number of β-lactam (4-membered cyclic amide) rings is 1. The molecule has 2 atom stereocenters. The maximum Gasteiger partial charge on any atom is 1.00 e. The molecule has 0 saturated carbocycles. The van der Waals surface area contributed by atoms with E-state index < -0.39 is 46.3 Å². The van der Waals surface area contributed by atoms with E-state index in [9.17, 15) is 29.0 Å². The minimum atomic E-state index is -1.36. The molecule has 4 aromatic rings. The van der Waals surface area contributed by atoms with Crippen molar-refractivity contribution in [3.05, 3.63) is 62.7 Å². The first kappa shape index (κ1) is 36.2. The van der Waals surface area contributed by atoms with Crippen molar-refractivity contribution in [1.29, 1.82) is 0 Å². The molecule has 0 spiro atoms. The fraction of sp³-hybridized carbons (Fsp3) is 0.231. The van der Waals surface area contributed by atoms with Gasteiger partial charge < -0.3 is 25.4 Å². The maximum absolute atomic E-state index is 15.6. The van der Waals surface area contributed by atoms with E-state index in [1.807, 2.05) is 0 Å². The SMILES string of the molecule is CO/N=C(/C([O-])=N[C@@H]1C(=O)N2C(C(=O)O)=C(CSc3cc(=O)c4cc(F)c(Sc5nncn5C)c(F)c4s3)CS[C@H]12)c1csc(N)n1.[Na+]. The van der Waals surface area contributed by atoms with Crippen LogP contribution in [0, 0.1) is 11.6 Å². The molecule has 1 saturated heterocycles. The number of carbonyl (C=O) groups is 2. The third-order valence-corrected chi connectivity index (χ3v) is 12.3. The quantitative estimate of drug-likeness (QED) is 0.0518. The normalized spacial score (nSPS) is 18.1. The Morgan fingerprint density at radius 1 is 1.31 bits per heavy atom. The number of thioether (sulfide) groups is 2. The molecule has 1 fully saturated rings.